The van der Waals surface area contributed by atoms with Crippen molar-refractivity contribution < 1.29 is 22.7 Å². The second-order valence-corrected chi connectivity index (χ2v) is 8.13. The molecule has 9 heteroatoms. The lowest BCUT2D eigenvalue weighted by molar-refractivity contribution is -0.116. The molecule has 2 aromatic carbocycles. The van der Waals surface area contributed by atoms with Gasteiger partial charge in [0.1, 0.15) is 0 Å². The van der Waals surface area contributed by atoms with Gasteiger partial charge in [0, 0.05) is 17.3 Å². The van der Waals surface area contributed by atoms with Crippen LogP contribution in [-0.4, -0.2) is 44.5 Å². The molecule has 144 valence electrons. The highest BCUT2D eigenvalue weighted by Crippen LogP contribution is 2.18. The maximum atomic E-state index is 12.3. The number of carbonyl (C=O) groups is 2. The van der Waals surface area contributed by atoms with E-state index in [9.17, 15) is 18.0 Å². The van der Waals surface area contributed by atoms with Crippen LogP contribution in [-0.2, 0) is 26.1 Å². The molecule has 0 bridgehead atoms. The van der Waals surface area contributed by atoms with Crippen molar-refractivity contribution in [3.8, 4) is 0 Å². The fourth-order valence-corrected chi connectivity index (χ4v) is 3.23. The molecule has 0 fully saturated rings. The minimum Gasteiger partial charge on any atom is -0.465 e. The summed E-state index contributed by atoms with van der Waals surface area (Å²) < 4.78 is 29.8. The number of hydrogen-bond donors (Lipinski definition) is 1. The number of methoxy groups -OCH3 is 1. The first-order valence-electron chi connectivity index (χ1n) is 7.87. The minimum absolute atomic E-state index is 0.0336. The van der Waals surface area contributed by atoms with Crippen molar-refractivity contribution in [2.45, 2.75) is 6.54 Å². The molecule has 0 aliphatic heterocycles. The number of anilines is 1. The number of halogens is 1. The van der Waals surface area contributed by atoms with E-state index in [4.69, 9.17) is 11.6 Å². The number of esters is 1. The Kier molecular flexibility index (Phi) is 6.95. The Morgan fingerprint density at radius 2 is 1.85 bits per heavy atom. The predicted octanol–water partition coefficient (Wildman–Crippen LogP) is 2.53. The van der Waals surface area contributed by atoms with Gasteiger partial charge < -0.3 is 10.1 Å². The van der Waals surface area contributed by atoms with Crippen molar-refractivity contribution >= 4 is 39.2 Å². The van der Waals surface area contributed by atoms with Gasteiger partial charge in [-0.05, 0) is 29.8 Å². The van der Waals surface area contributed by atoms with E-state index >= 15 is 0 Å². The molecular weight excluding hydrogens is 392 g/mol. The summed E-state index contributed by atoms with van der Waals surface area (Å²) in [5.41, 5.74) is 1.21. The van der Waals surface area contributed by atoms with Crippen LogP contribution in [0.5, 0.6) is 0 Å². The highest BCUT2D eigenvalue weighted by atomic mass is 35.5. The molecule has 0 aromatic heterocycles. The number of carbonyl (C=O) groups excluding carboxylic acids is 2. The smallest absolute Gasteiger partial charge is 0.337 e. The van der Waals surface area contributed by atoms with Crippen LogP contribution in [0, 0.1) is 0 Å². The van der Waals surface area contributed by atoms with Gasteiger partial charge >= 0.3 is 5.97 Å². The normalized spacial score (nSPS) is 11.3. The quantitative estimate of drug-likeness (QED) is 0.708. The summed E-state index contributed by atoms with van der Waals surface area (Å²) in [6.07, 6.45) is 1.02. The van der Waals surface area contributed by atoms with Crippen molar-refractivity contribution in [2.24, 2.45) is 0 Å². The third-order valence-electron chi connectivity index (χ3n) is 3.66. The van der Waals surface area contributed by atoms with Gasteiger partial charge in [0.2, 0.25) is 15.9 Å². The van der Waals surface area contributed by atoms with Crippen LogP contribution in [0.4, 0.5) is 5.69 Å². The van der Waals surface area contributed by atoms with E-state index in [0.29, 0.717) is 16.3 Å². The molecule has 2 rings (SSSR count). The van der Waals surface area contributed by atoms with Gasteiger partial charge in [-0.15, -0.1) is 0 Å². The third kappa shape index (κ3) is 6.06. The minimum atomic E-state index is -3.65. The van der Waals surface area contributed by atoms with Crippen molar-refractivity contribution in [1.82, 2.24) is 4.31 Å². The summed E-state index contributed by atoms with van der Waals surface area (Å²) in [4.78, 5) is 23.9. The monoisotopic (exact) mass is 410 g/mol. The lowest BCUT2D eigenvalue weighted by Crippen LogP contribution is -2.37. The van der Waals surface area contributed by atoms with E-state index in [0.717, 1.165) is 10.6 Å². The molecule has 7 nitrogen and oxygen atoms in total. The van der Waals surface area contributed by atoms with E-state index in [1.807, 2.05) is 0 Å². The van der Waals surface area contributed by atoms with Gasteiger partial charge in [-0.2, -0.15) is 4.31 Å². The van der Waals surface area contributed by atoms with Crippen molar-refractivity contribution in [3.05, 3.63) is 64.7 Å². The first kappa shape index (κ1) is 20.9. The van der Waals surface area contributed by atoms with Gasteiger partial charge in [0.25, 0.3) is 0 Å². The van der Waals surface area contributed by atoms with Gasteiger partial charge in [-0.1, -0.05) is 35.9 Å². The van der Waals surface area contributed by atoms with Gasteiger partial charge in [0.15, 0.2) is 0 Å². The number of ether oxygens (including phenoxy) is 1. The third-order valence-corrected chi connectivity index (χ3v) is 5.23. The van der Waals surface area contributed by atoms with Gasteiger partial charge in [-0.3, -0.25) is 4.79 Å². The Morgan fingerprint density at radius 1 is 1.15 bits per heavy atom. The highest BCUT2D eigenvalue weighted by Gasteiger charge is 2.21. The Labute approximate surface area is 162 Å². The van der Waals surface area contributed by atoms with Crippen LogP contribution in [0.1, 0.15) is 15.9 Å². The molecule has 0 unspecified atom stereocenters. The van der Waals surface area contributed by atoms with E-state index in [1.165, 1.54) is 13.2 Å². The Bertz CT molecular complexity index is 946. The number of sulfonamides is 1. The average molecular weight is 411 g/mol. The van der Waals surface area contributed by atoms with Crippen molar-refractivity contribution in [1.29, 1.82) is 0 Å². The Morgan fingerprint density at radius 3 is 2.48 bits per heavy atom. The van der Waals surface area contributed by atoms with Crippen LogP contribution in [0.25, 0.3) is 0 Å². The lowest BCUT2D eigenvalue weighted by Gasteiger charge is -2.20. The fraction of sp³-hybridized carbons (Fsp3) is 0.222. The molecule has 1 amide bonds. The van der Waals surface area contributed by atoms with E-state index < -0.39 is 28.4 Å². The van der Waals surface area contributed by atoms with E-state index in [-0.39, 0.29) is 12.1 Å². The highest BCUT2D eigenvalue weighted by molar-refractivity contribution is 7.88. The molecule has 2 aromatic rings. The standard InChI is InChI=1S/C18H19ClN2O5S/c1-26-18(23)13-7-5-8-15(10-13)20-17(22)12-21(27(2,24)25)11-14-6-3-4-9-16(14)19/h3-10H,11-12H2,1-2H3,(H,20,22). The molecule has 1 N–H and O–H groups in total. The number of nitrogens with zero attached hydrogens (tertiary/aromatic N) is 1. The first-order valence-corrected chi connectivity index (χ1v) is 10.1. The number of benzene rings is 2. The molecule has 0 aliphatic carbocycles. The zero-order valence-electron chi connectivity index (χ0n) is 14.8. The first-order chi connectivity index (χ1) is 12.7. The topological polar surface area (TPSA) is 92.8 Å². The average Bonchev–Trinajstić information content (AvgIpc) is 2.61. The van der Waals surface area contributed by atoms with Crippen LogP contribution >= 0.6 is 11.6 Å². The maximum absolute atomic E-state index is 12.3. The summed E-state index contributed by atoms with van der Waals surface area (Å²) in [6, 6.07) is 13.0. The lowest BCUT2D eigenvalue weighted by atomic mass is 10.2. The van der Waals surface area contributed by atoms with Crippen LogP contribution < -0.4 is 5.32 Å². The van der Waals surface area contributed by atoms with Crippen molar-refractivity contribution in [2.75, 3.05) is 25.2 Å². The maximum Gasteiger partial charge on any atom is 0.337 e. The molecule has 0 aliphatic rings. The summed E-state index contributed by atoms with van der Waals surface area (Å²) >= 11 is 6.08. The summed E-state index contributed by atoms with van der Waals surface area (Å²) in [6.45, 7) is -0.430. The summed E-state index contributed by atoms with van der Waals surface area (Å²) in [5.74, 6) is -1.09. The van der Waals surface area contributed by atoms with E-state index in [1.54, 1.807) is 42.5 Å². The van der Waals surface area contributed by atoms with Gasteiger partial charge in [0.05, 0.1) is 25.5 Å². The molecule has 0 atom stereocenters. The predicted molar refractivity (Wildman–Crippen MR) is 103 cm³/mol. The van der Waals surface area contributed by atoms with Crippen LogP contribution in [0.2, 0.25) is 5.02 Å². The zero-order valence-corrected chi connectivity index (χ0v) is 16.4. The largest absolute Gasteiger partial charge is 0.465 e. The number of rotatable bonds is 7. The van der Waals surface area contributed by atoms with E-state index in [2.05, 4.69) is 10.1 Å². The van der Waals surface area contributed by atoms with Crippen LogP contribution in [0.15, 0.2) is 48.5 Å². The number of amides is 1. The number of hydrogen-bond acceptors (Lipinski definition) is 5. The Balaban J connectivity index is 2.13. The SMILES string of the molecule is COC(=O)c1cccc(NC(=O)CN(Cc2ccccc2Cl)S(C)(=O)=O)c1. The van der Waals surface area contributed by atoms with Crippen LogP contribution in [0.3, 0.4) is 0 Å². The molecule has 0 saturated carbocycles. The molecule has 0 saturated heterocycles. The zero-order chi connectivity index (χ0) is 20.0. The molecule has 27 heavy (non-hydrogen) atoms. The Hall–Kier alpha value is -2.42. The molecule has 0 heterocycles. The van der Waals surface area contributed by atoms with Gasteiger partial charge in [-0.25, -0.2) is 13.2 Å². The molecular formula is C18H19ClN2O5S. The van der Waals surface area contributed by atoms with Crippen molar-refractivity contribution in [3.63, 3.8) is 0 Å². The second-order valence-electron chi connectivity index (χ2n) is 5.74. The summed E-state index contributed by atoms with van der Waals surface area (Å²) in [5, 5.41) is 2.99. The molecule has 0 spiro atoms. The second kappa shape index (κ2) is 8.98. The fourth-order valence-electron chi connectivity index (χ4n) is 2.31. The molecule has 0 radical (unpaired) electrons. The summed E-state index contributed by atoms with van der Waals surface area (Å²) in [7, 11) is -2.40. The number of nitrogens with one attached hydrogen (secondary N) is 1.